The van der Waals surface area contributed by atoms with Gasteiger partial charge < -0.3 is 10.1 Å². The minimum absolute atomic E-state index is 0.0168. The average Bonchev–Trinajstić information content (AvgIpc) is 2.33. The quantitative estimate of drug-likeness (QED) is 0.793. The Hall–Kier alpha value is -1.09. The zero-order valence-corrected chi connectivity index (χ0v) is 13.4. The van der Waals surface area contributed by atoms with E-state index in [1.165, 1.54) is 6.07 Å². The molecule has 1 aromatic rings. The lowest BCUT2D eigenvalue weighted by Crippen LogP contribution is -2.35. The summed E-state index contributed by atoms with van der Waals surface area (Å²) in [6, 6.07) is 4.93. The van der Waals surface area contributed by atoms with Crippen LogP contribution >= 0.6 is 0 Å². The fraction of sp³-hybridized carbons (Fsp3) is 0.647. The third kappa shape index (κ3) is 6.90. The standard InChI is InChI=1S/C17H28FNO/c1-6-7-13(2)12-20-16-9-14(8-15(18)10-16)11-19-17(3,4)5/h8-10,13,19H,6-7,11-12H2,1-5H3. The van der Waals surface area contributed by atoms with E-state index in [4.69, 9.17) is 4.74 Å². The van der Waals surface area contributed by atoms with E-state index in [9.17, 15) is 4.39 Å². The Morgan fingerprint density at radius 1 is 1.25 bits per heavy atom. The first-order chi connectivity index (χ1) is 9.30. The Morgan fingerprint density at radius 3 is 2.55 bits per heavy atom. The smallest absolute Gasteiger partial charge is 0.127 e. The van der Waals surface area contributed by atoms with Gasteiger partial charge >= 0.3 is 0 Å². The van der Waals surface area contributed by atoms with Gasteiger partial charge in [0.2, 0.25) is 0 Å². The van der Waals surface area contributed by atoms with E-state index in [-0.39, 0.29) is 11.4 Å². The van der Waals surface area contributed by atoms with Crippen molar-refractivity contribution in [3.05, 3.63) is 29.6 Å². The number of benzene rings is 1. The molecule has 114 valence electrons. The molecule has 20 heavy (non-hydrogen) atoms. The summed E-state index contributed by atoms with van der Waals surface area (Å²) >= 11 is 0. The van der Waals surface area contributed by atoms with E-state index in [1.54, 1.807) is 6.07 Å². The summed E-state index contributed by atoms with van der Waals surface area (Å²) in [7, 11) is 0. The van der Waals surface area contributed by atoms with Crippen LogP contribution in [-0.2, 0) is 6.54 Å². The van der Waals surface area contributed by atoms with Gasteiger partial charge in [0.05, 0.1) is 6.61 Å². The lowest BCUT2D eigenvalue weighted by atomic mass is 10.1. The van der Waals surface area contributed by atoms with Crippen LogP contribution in [0.3, 0.4) is 0 Å². The molecule has 1 unspecified atom stereocenters. The average molecular weight is 281 g/mol. The molecule has 0 saturated carbocycles. The highest BCUT2D eigenvalue weighted by molar-refractivity contribution is 5.29. The largest absolute Gasteiger partial charge is 0.493 e. The van der Waals surface area contributed by atoms with Crippen LogP contribution in [0.4, 0.5) is 4.39 Å². The molecule has 0 amide bonds. The molecule has 0 fully saturated rings. The number of hydrogen-bond donors (Lipinski definition) is 1. The molecule has 1 N–H and O–H groups in total. The summed E-state index contributed by atoms with van der Waals surface area (Å²) in [5.41, 5.74) is 0.932. The van der Waals surface area contributed by atoms with Crippen molar-refractivity contribution in [2.45, 2.75) is 59.5 Å². The molecule has 1 atom stereocenters. The summed E-state index contributed by atoms with van der Waals surface area (Å²) < 4.78 is 19.3. The first-order valence-electron chi connectivity index (χ1n) is 7.47. The van der Waals surface area contributed by atoms with Gasteiger partial charge in [0, 0.05) is 18.2 Å². The number of rotatable bonds is 7. The topological polar surface area (TPSA) is 21.3 Å². The van der Waals surface area contributed by atoms with Crippen LogP contribution < -0.4 is 10.1 Å². The molecule has 0 aromatic heterocycles. The predicted octanol–water partition coefficient (Wildman–Crippen LogP) is 4.53. The van der Waals surface area contributed by atoms with Crippen LogP contribution in [0.15, 0.2) is 18.2 Å². The Balaban J connectivity index is 2.61. The Bertz CT molecular complexity index is 412. The van der Waals surface area contributed by atoms with E-state index in [0.717, 1.165) is 18.4 Å². The van der Waals surface area contributed by atoms with E-state index in [2.05, 4.69) is 39.9 Å². The molecule has 1 aromatic carbocycles. The fourth-order valence-corrected chi connectivity index (χ4v) is 1.99. The lowest BCUT2D eigenvalue weighted by molar-refractivity contribution is 0.250. The van der Waals surface area contributed by atoms with Crippen LogP contribution in [0.2, 0.25) is 0 Å². The predicted molar refractivity (Wildman–Crippen MR) is 82.6 cm³/mol. The number of ether oxygens (including phenoxy) is 1. The number of hydrogen-bond acceptors (Lipinski definition) is 2. The third-order valence-electron chi connectivity index (χ3n) is 3.07. The van der Waals surface area contributed by atoms with Crippen LogP contribution in [0.1, 0.15) is 53.0 Å². The molecule has 0 aliphatic heterocycles. The van der Waals surface area contributed by atoms with Crippen molar-refractivity contribution in [1.82, 2.24) is 5.32 Å². The van der Waals surface area contributed by atoms with Crippen LogP contribution in [0.5, 0.6) is 5.75 Å². The Kier molecular flexibility index (Phi) is 6.47. The molecule has 0 spiro atoms. The van der Waals surface area contributed by atoms with Gasteiger partial charge in [0.15, 0.2) is 0 Å². The van der Waals surface area contributed by atoms with Gasteiger partial charge in [-0.05, 0) is 50.8 Å². The maximum Gasteiger partial charge on any atom is 0.127 e. The maximum absolute atomic E-state index is 13.6. The van der Waals surface area contributed by atoms with E-state index >= 15 is 0 Å². The lowest BCUT2D eigenvalue weighted by Gasteiger charge is -2.21. The van der Waals surface area contributed by atoms with Crippen LogP contribution in [0.25, 0.3) is 0 Å². The molecule has 3 heteroatoms. The minimum Gasteiger partial charge on any atom is -0.493 e. The number of halogens is 1. The molecular weight excluding hydrogens is 253 g/mol. The summed E-state index contributed by atoms with van der Waals surface area (Å²) in [5, 5.41) is 3.36. The van der Waals surface area contributed by atoms with Crippen molar-refractivity contribution in [2.75, 3.05) is 6.61 Å². The van der Waals surface area contributed by atoms with Crippen molar-refractivity contribution < 1.29 is 9.13 Å². The molecular formula is C17H28FNO. The van der Waals surface area contributed by atoms with Gasteiger partial charge in [-0.1, -0.05) is 20.3 Å². The SMILES string of the molecule is CCCC(C)COc1cc(F)cc(CNC(C)(C)C)c1. The van der Waals surface area contributed by atoms with Gasteiger partial charge in [-0.15, -0.1) is 0 Å². The van der Waals surface area contributed by atoms with Gasteiger partial charge in [-0.3, -0.25) is 0 Å². The van der Waals surface area contributed by atoms with Gasteiger partial charge in [-0.25, -0.2) is 4.39 Å². The summed E-state index contributed by atoms with van der Waals surface area (Å²) in [4.78, 5) is 0. The van der Waals surface area contributed by atoms with Crippen molar-refractivity contribution in [3.8, 4) is 5.75 Å². The first-order valence-corrected chi connectivity index (χ1v) is 7.47. The van der Waals surface area contributed by atoms with Gasteiger partial charge in [0.1, 0.15) is 11.6 Å². The summed E-state index contributed by atoms with van der Waals surface area (Å²) in [6.07, 6.45) is 2.28. The summed E-state index contributed by atoms with van der Waals surface area (Å²) in [6.45, 7) is 11.9. The fourth-order valence-electron chi connectivity index (χ4n) is 1.99. The molecule has 0 radical (unpaired) electrons. The highest BCUT2D eigenvalue weighted by Crippen LogP contribution is 2.18. The second kappa shape index (κ2) is 7.63. The first kappa shape index (κ1) is 17.0. The molecule has 2 nitrogen and oxygen atoms in total. The Morgan fingerprint density at radius 2 is 1.95 bits per heavy atom. The monoisotopic (exact) mass is 281 g/mol. The van der Waals surface area contributed by atoms with Crippen molar-refractivity contribution in [1.29, 1.82) is 0 Å². The molecule has 0 saturated heterocycles. The van der Waals surface area contributed by atoms with Crippen molar-refractivity contribution in [2.24, 2.45) is 5.92 Å². The molecule has 0 aliphatic rings. The number of nitrogens with one attached hydrogen (secondary N) is 1. The Labute approximate surface area is 122 Å². The van der Waals surface area contributed by atoms with Gasteiger partial charge in [0.25, 0.3) is 0 Å². The third-order valence-corrected chi connectivity index (χ3v) is 3.07. The van der Waals surface area contributed by atoms with E-state index in [0.29, 0.717) is 24.8 Å². The zero-order chi connectivity index (χ0) is 15.2. The molecule has 0 aliphatic carbocycles. The van der Waals surface area contributed by atoms with E-state index < -0.39 is 0 Å². The molecule has 0 bridgehead atoms. The summed E-state index contributed by atoms with van der Waals surface area (Å²) in [5.74, 6) is 0.884. The highest BCUT2D eigenvalue weighted by Gasteiger charge is 2.10. The van der Waals surface area contributed by atoms with Crippen LogP contribution in [-0.4, -0.2) is 12.1 Å². The van der Waals surface area contributed by atoms with Gasteiger partial charge in [-0.2, -0.15) is 0 Å². The van der Waals surface area contributed by atoms with Crippen LogP contribution in [0, 0.1) is 11.7 Å². The second-order valence-corrected chi connectivity index (χ2v) is 6.60. The zero-order valence-electron chi connectivity index (χ0n) is 13.4. The highest BCUT2D eigenvalue weighted by atomic mass is 19.1. The second-order valence-electron chi connectivity index (χ2n) is 6.60. The van der Waals surface area contributed by atoms with E-state index in [1.807, 2.05) is 6.07 Å². The minimum atomic E-state index is -0.239. The van der Waals surface area contributed by atoms with Crippen molar-refractivity contribution >= 4 is 0 Å². The van der Waals surface area contributed by atoms with Crippen molar-refractivity contribution in [3.63, 3.8) is 0 Å². The molecule has 0 heterocycles. The maximum atomic E-state index is 13.6. The normalized spacial score (nSPS) is 13.3. The molecule has 1 rings (SSSR count).